The smallest absolute Gasteiger partial charge is 0.306 e. The molecule has 0 aromatic carbocycles. The lowest BCUT2D eigenvalue weighted by Gasteiger charge is -2.18. The van der Waals surface area contributed by atoms with Gasteiger partial charge >= 0.3 is 17.9 Å². The number of hydrogen-bond donors (Lipinski definition) is 0. The van der Waals surface area contributed by atoms with E-state index in [1.165, 1.54) is 173 Å². The Labute approximate surface area is 440 Å². The Hall–Kier alpha value is -2.89. The minimum atomic E-state index is -0.784. The van der Waals surface area contributed by atoms with Crippen molar-refractivity contribution in [3.8, 4) is 0 Å². The van der Waals surface area contributed by atoms with Gasteiger partial charge in [-0.2, -0.15) is 0 Å². The van der Waals surface area contributed by atoms with E-state index in [1.807, 2.05) is 0 Å². The molecule has 0 aliphatic carbocycles. The molecule has 71 heavy (non-hydrogen) atoms. The summed E-state index contributed by atoms with van der Waals surface area (Å²) >= 11 is 0. The van der Waals surface area contributed by atoms with Gasteiger partial charge in [-0.15, -0.1) is 0 Å². The van der Waals surface area contributed by atoms with Gasteiger partial charge in [-0.25, -0.2) is 0 Å². The number of ether oxygens (including phenoxy) is 3. The zero-order valence-corrected chi connectivity index (χ0v) is 47.2. The summed E-state index contributed by atoms with van der Waals surface area (Å²) in [5.74, 6) is -0.893. The second kappa shape index (κ2) is 59.7. The molecule has 412 valence electrons. The van der Waals surface area contributed by atoms with Crippen LogP contribution in [0, 0.1) is 0 Å². The number of rotatable bonds is 56. The molecular formula is C65H116O6. The second-order valence-electron chi connectivity index (χ2n) is 20.6. The van der Waals surface area contributed by atoms with E-state index in [4.69, 9.17) is 14.2 Å². The first-order valence-electron chi connectivity index (χ1n) is 30.8. The molecule has 0 spiro atoms. The van der Waals surface area contributed by atoms with Crippen molar-refractivity contribution >= 4 is 17.9 Å². The van der Waals surface area contributed by atoms with Crippen LogP contribution in [0.25, 0.3) is 0 Å². The lowest BCUT2D eigenvalue weighted by atomic mass is 10.0. The maximum Gasteiger partial charge on any atom is 0.306 e. The van der Waals surface area contributed by atoms with Gasteiger partial charge in [0.1, 0.15) is 13.2 Å². The molecule has 0 aromatic rings. The zero-order chi connectivity index (χ0) is 51.4. The van der Waals surface area contributed by atoms with Gasteiger partial charge in [0.05, 0.1) is 0 Å². The number of unbranched alkanes of at least 4 members (excludes halogenated alkanes) is 35. The van der Waals surface area contributed by atoms with E-state index in [9.17, 15) is 14.4 Å². The lowest BCUT2D eigenvalue weighted by Crippen LogP contribution is -2.30. The van der Waals surface area contributed by atoms with E-state index < -0.39 is 6.10 Å². The van der Waals surface area contributed by atoms with Gasteiger partial charge in [-0.05, 0) is 83.5 Å². The molecule has 0 fully saturated rings. The summed E-state index contributed by atoms with van der Waals surface area (Å²) in [7, 11) is 0. The SMILES string of the molecule is CCC/C=C\C/C=C\CCCCCCCC(=O)OCC(COC(=O)CCCCCCCC/C=C\C/C=C\C/C=C\CCCCCCC)OC(=O)CCCCCCCCCCCCCCCCCCCCC. The van der Waals surface area contributed by atoms with Crippen LogP contribution in [0.3, 0.4) is 0 Å². The van der Waals surface area contributed by atoms with Crippen molar-refractivity contribution in [1.82, 2.24) is 0 Å². The molecule has 0 rings (SSSR count). The predicted molar refractivity (Wildman–Crippen MR) is 307 cm³/mol. The summed E-state index contributed by atoms with van der Waals surface area (Å²) in [4.78, 5) is 38.2. The highest BCUT2D eigenvalue weighted by Gasteiger charge is 2.19. The molecular weight excluding hydrogens is 877 g/mol. The minimum absolute atomic E-state index is 0.0832. The van der Waals surface area contributed by atoms with Gasteiger partial charge in [0, 0.05) is 19.3 Å². The molecule has 0 aliphatic heterocycles. The summed E-state index contributed by atoms with van der Waals surface area (Å²) < 4.78 is 16.9. The maximum atomic E-state index is 12.9. The van der Waals surface area contributed by atoms with E-state index in [-0.39, 0.29) is 31.1 Å². The number of hydrogen-bond acceptors (Lipinski definition) is 6. The number of esters is 3. The monoisotopic (exact) mass is 993 g/mol. The predicted octanol–water partition coefficient (Wildman–Crippen LogP) is 20.8. The Kier molecular flexibility index (Phi) is 57.2. The first kappa shape index (κ1) is 68.1. The molecule has 0 amide bonds. The van der Waals surface area contributed by atoms with Crippen LogP contribution >= 0.6 is 0 Å². The van der Waals surface area contributed by atoms with Gasteiger partial charge in [-0.1, -0.05) is 274 Å². The van der Waals surface area contributed by atoms with Gasteiger partial charge in [0.2, 0.25) is 0 Å². The van der Waals surface area contributed by atoms with Crippen LogP contribution in [0.1, 0.15) is 316 Å². The van der Waals surface area contributed by atoms with E-state index in [1.54, 1.807) is 0 Å². The fourth-order valence-corrected chi connectivity index (χ4v) is 8.84. The molecule has 0 aromatic heterocycles. The van der Waals surface area contributed by atoms with Crippen molar-refractivity contribution in [2.45, 2.75) is 322 Å². The third kappa shape index (κ3) is 57.9. The van der Waals surface area contributed by atoms with Gasteiger partial charge in [0.15, 0.2) is 6.10 Å². The highest BCUT2D eigenvalue weighted by Crippen LogP contribution is 2.17. The first-order chi connectivity index (χ1) is 35.0. The van der Waals surface area contributed by atoms with E-state index in [2.05, 4.69) is 81.5 Å². The van der Waals surface area contributed by atoms with Crippen LogP contribution in [-0.4, -0.2) is 37.2 Å². The van der Waals surface area contributed by atoms with Crippen LogP contribution < -0.4 is 0 Å². The fourth-order valence-electron chi connectivity index (χ4n) is 8.84. The summed E-state index contributed by atoms with van der Waals surface area (Å²) in [5.41, 5.74) is 0. The van der Waals surface area contributed by atoms with E-state index >= 15 is 0 Å². The maximum absolute atomic E-state index is 12.9. The normalized spacial score (nSPS) is 12.4. The molecule has 1 atom stereocenters. The highest BCUT2D eigenvalue weighted by atomic mass is 16.6. The molecule has 0 heterocycles. The van der Waals surface area contributed by atoms with Crippen LogP contribution in [0.5, 0.6) is 0 Å². The quantitative estimate of drug-likeness (QED) is 0.0261. The molecule has 0 radical (unpaired) electrons. The number of carbonyl (C=O) groups excluding carboxylic acids is 3. The Morgan fingerprint density at radius 1 is 0.282 bits per heavy atom. The van der Waals surface area contributed by atoms with Gasteiger partial charge in [-0.3, -0.25) is 14.4 Å². The van der Waals surface area contributed by atoms with Crippen molar-refractivity contribution in [3.05, 3.63) is 60.8 Å². The largest absolute Gasteiger partial charge is 0.462 e. The lowest BCUT2D eigenvalue weighted by molar-refractivity contribution is -0.167. The van der Waals surface area contributed by atoms with Crippen molar-refractivity contribution in [1.29, 1.82) is 0 Å². The van der Waals surface area contributed by atoms with Gasteiger partial charge in [0.25, 0.3) is 0 Å². The topological polar surface area (TPSA) is 78.9 Å². The standard InChI is InChI=1S/C65H116O6/c1-4-7-10-13-16-19-22-25-27-29-31-32-34-35-37-40-43-46-49-52-55-58-64(67)70-61-62(60-69-63(66)57-54-51-48-45-42-39-24-21-18-15-12-9-6-3)71-65(68)59-56-53-50-47-44-41-38-36-33-30-28-26-23-20-17-14-11-8-5-2/h12,15,21-22,24-25,29,31,34-35,62H,4-11,13-14,16-20,23,26-28,30,32-33,36-61H2,1-3H3/b15-12-,24-21-,25-22-,31-29-,35-34-. The summed E-state index contributed by atoms with van der Waals surface area (Å²) in [5, 5.41) is 0. The van der Waals surface area contributed by atoms with Crippen molar-refractivity contribution in [3.63, 3.8) is 0 Å². The Morgan fingerprint density at radius 2 is 0.535 bits per heavy atom. The molecule has 0 N–H and O–H groups in total. The van der Waals surface area contributed by atoms with E-state index in [0.29, 0.717) is 19.3 Å². The molecule has 6 heteroatoms. The first-order valence-corrected chi connectivity index (χ1v) is 30.8. The third-order valence-corrected chi connectivity index (χ3v) is 13.5. The average Bonchev–Trinajstić information content (AvgIpc) is 3.37. The number of allylic oxidation sites excluding steroid dienone is 10. The number of carbonyl (C=O) groups is 3. The molecule has 0 saturated heterocycles. The van der Waals surface area contributed by atoms with Crippen LogP contribution in [0.2, 0.25) is 0 Å². The fraction of sp³-hybridized carbons (Fsp3) is 0.800. The summed E-state index contributed by atoms with van der Waals surface area (Å²) in [6.45, 7) is 6.58. The van der Waals surface area contributed by atoms with Crippen molar-refractivity contribution in [2.24, 2.45) is 0 Å². The van der Waals surface area contributed by atoms with Crippen LogP contribution in [0.4, 0.5) is 0 Å². The summed E-state index contributed by atoms with van der Waals surface area (Å²) in [6.07, 6.45) is 75.0. The molecule has 0 bridgehead atoms. The molecule has 1 unspecified atom stereocenters. The summed E-state index contributed by atoms with van der Waals surface area (Å²) in [6, 6.07) is 0. The van der Waals surface area contributed by atoms with Crippen molar-refractivity contribution in [2.75, 3.05) is 13.2 Å². The Morgan fingerprint density at radius 3 is 0.845 bits per heavy atom. The molecule has 6 nitrogen and oxygen atoms in total. The Bertz CT molecular complexity index is 1280. The van der Waals surface area contributed by atoms with Crippen molar-refractivity contribution < 1.29 is 28.6 Å². The minimum Gasteiger partial charge on any atom is -0.462 e. The molecule has 0 saturated carbocycles. The van der Waals surface area contributed by atoms with E-state index in [0.717, 1.165) is 103 Å². The Balaban J connectivity index is 4.35. The van der Waals surface area contributed by atoms with Crippen LogP contribution in [0.15, 0.2) is 60.8 Å². The zero-order valence-electron chi connectivity index (χ0n) is 47.2. The second-order valence-corrected chi connectivity index (χ2v) is 20.6. The third-order valence-electron chi connectivity index (χ3n) is 13.5. The highest BCUT2D eigenvalue weighted by molar-refractivity contribution is 5.71. The van der Waals surface area contributed by atoms with Gasteiger partial charge < -0.3 is 14.2 Å². The molecule has 0 aliphatic rings. The van der Waals surface area contributed by atoms with Crippen LogP contribution in [-0.2, 0) is 28.6 Å². The average molecular weight is 994 g/mol.